The first kappa shape index (κ1) is 25.1. The van der Waals surface area contributed by atoms with E-state index < -0.39 is 0 Å². The summed E-state index contributed by atoms with van der Waals surface area (Å²) in [5.41, 5.74) is 5.11. The number of rotatable bonds is 10. The van der Waals surface area contributed by atoms with Crippen LogP contribution in [0, 0.1) is 0 Å². The molecule has 3 aromatic heterocycles. The Balaban J connectivity index is 1.37. The SMILES string of the molecule is O=C(Cn1c(-c2cccc(CO)c2)cnc(CCCc2ccccc2)c1=O)NCc1cc2cnccc2[nH]1. The van der Waals surface area contributed by atoms with Crippen molar-refractivity contribution >= 4 is 16.8 Å². The van der Waals surface area contributed by atoms with Crippen LogP contribution in [0.2, 0.25) is 0 Å². The molecule has 3 heterocycles. The molecule has 3 N–H and O–H groups in total. The lowest BCUT2D eigenvalue weighted by molar-refractivity contribution is -0.121. The minimum absolute atomic E-state index is 0.121. The van der Waals surface area contributed by atoms with Gasteiger partial charge >= 0.3 is 0 Å². The van der Waals surface area contributed by atoms with Gasteiger partial charge in [-0.1, -0.05) is 48.5 Å². The van der Waals surface area contributed by atoms with E-state index in [0.717, 1.165) is 29.4 Å². The van der Waals surface area contributed by atoms with Gasteiger partial charge in [-0.2, -0.15) is 0 Å². The van der Waals surface area contributed by atoms with E-state index in [1.54, 1.807) is 30.7 Å². The lowest BCUT2D eigenvalue weighted by atomic mass is 10.1. The van der Waals surface area contributed by atoms with Gasteiger partial charge < -0.3 is 15.4 Å². The number of H-pyrrole nitrogens is 1. The summed E-state index contributed by atoms with van der Waals surface area (Å²) in [5, 5.41) is 13.5. The van der Waals surface area contributed by atoms with Crippen LogP contribution in [0.25, 0.3) is 22.2 Å². The fourth-order valence-electron chi connectivity index (χ4n) is 4.54. The number of aromatic nitrogens is 4. The highest BCUT2D eigenvalue weighted by Crippen LogP contribution is 2.20. The Kier molecular flexibility index (Phi) is 7.70. The van der Waals surface area contributed by atoms with Crippen molar-refractivity contribution in [2.75, 3.05) is 0 Å². The van der Waals surface area contributed by atoms with E-state index in [2.05, 4.69) is 32.4 Å². The molecule has 5 rings (SSSR count). The standard InChI is InChI=1S/C30H29N5O3/c36-20-22-9-4-10-23(14-22)28-18-32-27(11-5-8-21-6-2-1-3-7-21)30(38)35(28)19-29(37)33-17-25-15-24-16-31-13-12-26(24)34-25/h1-4,6-7,9-10,12-16,18,34,36H,5,8,11,17,19-20H2,(H,33,37). The number of carbonyl (C=O) groups excluding carboxylic acids is 1. The summed E-state index contributed by atoms with van der Waals surface area (Å²) in [4.78, 5) is 38.4. The van der Waals surface area contributed by atoms with Crippen molar-refractivity contribution in [3.63, 3.8) is 0 Å². The van der Waals surface area contributed by atoms with Gasteiger partial charge in [0.05, 0.1) is 25.0 Å². The number of aliphatic hydroxyl groups is 1. The van der Waals surface area contributed by atoms with Crippen molar-refractivity contribution in [3.05, 3.63) is 118 Å². The number of amides is 1. The van der Waals surface area contributed by atoms with Crippen molar-refractivity contribution in [1.29, 1.82) is 0 Å². The van der Waals surface area contributed by atoms with E-state index in [1.165, 1.54) is 10.1 Å². The molecule has 0 atom stereocenters. The minimum Gasteiger partial charge on any atom is -0.392 e. The molecule has 8 heteroatoms. The molecule has 0 spiro atoms. The number of hydrogen-bond donors (Lipinski definition) is 3. The van der Waals surface area contributed by atoms with Gasteiger partial charge in [0, 0.05) is 34.6 Å². The van der Waals surface area contributed by atoms with E-state index in [4.69, 9.17) is 0 Å². The summed E-state index contributed by atoms with van der Waals surface area (Å²) in [6.45, 7) is 0.0314. The number of hydrogen-bond acceptors (Lipinski definition) is 5. The molecule has 38 heavy (non-hydrogen) atoms. The molecule has 192 valence electrons. The first-order valence-electron chi connectivity index (χ1n) is 12.6. The number of nitrogens with zero attached hydrogens (tertiary/aromatic N) is 3. The van der Waals surface area contributed by atoms with Gasteiger partial charge in [-0.25, -0.2) is 0 Å². The predicted octanol–water partition coefficient (Wildman–Crippen LogP) is 3.77. The molecule has 0 aliphatic carbocycles. The van der Waals surface area contributed by atoms with Gasteiger partial charge in [0.2, 0.25) is 5.91 Å². The molecule has 0 fully saturated rings. The van der Waals surface area contributed by atoms with Crippen LogP contribution in [0.3, 0.4) is 0 Å². The van der Waals surface area contributed by atoms with Gasteiger partial charge in [-0.15, -0.1) is 0 Å². The summed E-state index contributed by atoms with van der Waals surface area (Å²) in [7, 11) is 0. The molecule has 0 unspecified atom stereocenters. The van der Waals surface area contributed by atoms with Crippen LogP contribution >= 0.6 is 0 Å². The molecule has 1 amide bonds. The summed E-state index contributed by atoms with van der Waals surface area (Å²) in [6, 6.07) is 21.2. The third kappa shape index (κ3) is 5.87. The highest BCUT2D eigenvalue weighted by atomic mass is 16.3. The second-order valence-electron chi connectivity index (χ2n) is 9.21. The molecule has 8 nitrogen and oxygen atoms in total. The van der Waals surface area contributed by atoms with Gasteiger partial charge in [0.25, 0.3) is 5.56 Å². The molecule has 0 saturated heterocycles. The highest BCUT2D eigenvalue weighted by molar-refractivity contribution is 5.80. The number of aromatic amines is 1. The molecule has 2 aromatic carbocycles. The molecular weight excluding hydrogens is 478 g/mol. The Hall–Kier alpha value is -4.56. The van der Waals surface area contributed by atoms with Crippen LogP contribution in [-0.4, -0.2) is 30.5 Å². The topological polar surface area (TPSA) is 113 Å². The number of fused-ring (bicyclic) bond motifs is 1. The van der Waals surface area contributed by atoms with Crippen molar-refractivity contribution in [2.45, 2.75) is 39.0 Å². The highest BCUT2D eigenvalue weighted by Gasteiger charge is 2.16. The van der Waals surface area contributed by atoms with Gasteiger partial charge in [-0.3, -0.25) is 24.1 Å². The summed E-state index contributed by atoms with van der Waals surface area (Å²) < 4.78 is 1.48. The number of nitrogens with one attached hydrogen (secondary N) is 2. The summed E-state index contributed by atoms with van der Waals surface area (Å²) in [5.74, 6) is -0.287. The van der Waals surface area contributed by atoms with Crippen LogP contribution in [-0.2, 0) is 37.3 Å². The van der Waals surface area contributed by atoms with Crippen LogP contribution in [0.15, 0.2) is 90.1 Å². The third-order valence-corrected chi connectivity index (χ3v) is 6.51. The van der Waals surface area contributed by atoms with E-state index >= 15 is 0 Å². The molecule has 0 aliphatic heterocycles. The largest absolute Gasteiger partial charge is 0.392 e. The maximum Gasteiger partial charge on any atom is 0.273 e. The zero-order valence-corrected chi connectivity index (χ0v) is 20.9. The Labute approximate surface area is 220 Å². The number of benzene rings is 2. The zero-order valence-electron chi connectivity index (χ0n) is 20.9. The monoisotopic (exact) mass is 507 g/mol. The van der Waals surface area contributed by atoms with Crippen molar-refractivity contribution in [3.8, 4) is 11.3 Å². The predicted molar refractivity (Wildman–Crippen MR) is 146 cm³/mol. The fraction of sp³-hybridized carbons (Fsp3) is 0.200. The van der Waals surface area contributed by atoms with Crippen LogP contribution < -0.4 is 10.9 Å². The molecule has 0 radical (unpaired) electrons. The van der Waals surface area contributed by atoms with Gasteiger partial charge in [0.1, 0.15) is 12.2 Å². The Bertz CT molecular complexity index is 1570. The smallest absolute Gasteiger partial charge is 0.273 e. The molecule has 0 bridgehead atoms. The van der Waals surface area contributed by atoms with E-state index in [-0.39, 0.29) is 24.6 Å². The molecule has 0 saturated carbocycles. The average Bonchev–Trinajstić information content (AvgIpc) is 3.38. The molecule has 0 aliphatic rings. The minimum atomic E-state index is -0.287. The number of aryl methyl sites for hydroxylation is 2. The molecule has 5 aromatic rings. The normalized spacial score (nSPS) is 11.1. The van der Waals surface area contributed by atoms with Crippen LogP contribution in [0.5, 0.6) is 0 Å². The zero-order chi connectivity index (χ0) is 26.3. The number of pyridine rings is 1. The third-order valence-electron chi connectivity index (χ3n) is 6.51. The Morgan fingerprint density at radius 1 is 0.974 bits per heavy atom. The van der Waals surface area contributed by atoms with Crippen molar-refractivity contribution in [2.24, 2.45) is 0 Å². The fourth-order valence-corrected chi connectivity index (χ4v) is 4.54. The quantitative estimate of drug-likeness (QED) is 0.266. The first-order valence-corrected chi connectivity index (χ1v) is 12.6. The molecular formula is C30H29N5O3. The first-order chi connectivity index (χ1) is 18.6. The van der Waals surface area contributed by atoms with E-state index in [9.17, 15) is 14.7 Å². The second-order valence-corrected chi connectivity index (χ2v) is 9.21. The van der Waals surface area contributed by atoms with Crippen molar-refractivity contribution in [1.82, 2.24) is 24.8 Å². The van der Waals surface area contributed by atoms with E-state index in [0.29, 0.717) is 35.5 Å². The lowest BCUT2D eigenvalue weighted by Gasteiger charge is -2.15. The summed E-state index contributed by atoms with van der Waals surface area (Å²) >= 11 is 0. The van der Waals surface area contributed by atoms with Crippen LogP contribution in [0.4, 0.5) is 0 Å². The maximum absolute atomic E-state index is 13.5. The van der Waals surface area contributed by atoms with Gasteiger partial charge in [0.15, 0.2) is 0 Å². The number of aliphatic hydroxyl groups excluding tert-OH is 1. The second kappa shape index (κ2) is 11.7. The number of carbonyl (C=O) groups is 1. The van der Waals surface area contributed by atoms with Gasteiger partial charge in [-0.05, 0) is 48.6 Å². The maximum atomic E-state index is 13.5. The Morgan fingerprint density at radius 2 is 1.82 bits per heavy atom. The Morgan fingerprint density at radius 3 is 2.63 bits per heavy atom. The van der Waals surface area contributed by atoms with Crippen molar-refractivity contribution < 1.29 is 9.90 Å². The van der Waals surface area contributed by atoms with Crippen LogP contribution in [0.1, 0.15) is 28.9 Å². The van der Waals surface area contributed by atoms with E-state index in [1.807, 2.05) is 42.5 Å². The lowest BCUT2D eigenvalue weighted by Crippen LogP contribution is -2.34. The average molecular weight is 508 g/mol. The summed E-state index contributed by atoms with van der Waals surface area (Å²) in [6.07, 6.45) is 7.24.